The first-order valence-electron chi connectivity index (χ1n) is 6.95. The third-order valence-corrected chi connectivity index (χ3v) is 3.89. The van der Waals surface area contributed by atoms with E-state index in [0.717, 1.165) is 32.1 Å². The van der Waals surface area contributed by atoms with Crippen LogP contribution in [0, 0.1) is 5.82 Å². The largest absolute Gasteiger partial charge is 0.447 e. The van der Waals surface area contributed by atoms with Gasteiger partial charge in [0.25, 0.3) is 0 Å². The Kier molecular flexibility index (Phi) is 3.20. The summed E-state index contributed by atoms with van der Waals surface area (Å²) in [5.41, 5.74) is 0.0634. The molecular formula is C15H17FN2O2. The molecule has 1 aromatic carbocycles. The normalized spacial score (nSPS) is 20.7. The standard InChI is InChI=1S/C15H17FN2O2/c1-11(19)18-15(9-3-2-4-10-15)20-14(17-18)12-5-7-13(16)8-6-12/h5-8H,2-4,9-10H2,1H3. The van der Waals surface area contributed by atoms with Gasteiger partial charge in [0.05, 0.1) is 0 Å². The summed E-state index contributed by atoms with van der Waals surface area (Å²) in [5, 5.41) is 5.78. The van der Waals surface area contributed by atoms with Crippen molar-refractivity contribution in [3.8, 4) is 0 Å². The maximum Gasteiger partial charge on any atom is 0.243 e. The molecule has 0 aromatic heterocycles. The molecule has 1 aliphatic heterocycles. The highest BCUT2D eigenvalue weighted by atomic mass is 19.1. The van der Waals surface area contributed by atoms with Crippen LogP contribution in [0.4, 0.5) is 4.39 Å². The second kappa shape index (κ2) is 4.89. The van der Waals surface area contributed by atoms with Crippen LogP contribution in [0.2, 0.25) is 0 Å². The number of halogens is 1. The zero-order valence-corrected chi connectivity index (χ0v) is 11.4. The first kappa shape index (κ1) is 13.1. The highest BCUT2D eigenvalue weighted by Crippen LogP contribution is 2.39. The Hall–Kier alpha value is -1.91. The molecule has 4 nitrogen and oxygen atoms in total. The smallest absolute Gasteiger partial charge is 0.243 e. The van der Waals surface area contributed by atoms with E-state index in [0.29, 0.717) is 11.5 Å². The monoisotopic (exact) mass is 276 g/mol. The zero-order chi connectivity index (χ0) is 14.2. The molecule has 0 unspecified atom stereocenters. The highest BCUT2D eigenvalue weighted by molar-refractivity contribution is 5.96. The van der Waals surface area contributed by atoms with Crippen LogP contribution < -0.4 is 0 Å². The van der Waals surface area contributed by atoms with Gasteiger partial charge in [0.1, 0.15) is 5.82 Å². The van der Waals surface area contributed by atoms with Crippen molar-refractivity contribution < 1.29 is 13.9 Å². The van der Waals surface area contributed by atoms with E-state index < -0.39 is 5.72 Å². The molecule has 106 valence electrons. The lowest BCUT2D eigenvalue weighted by Gasteiger charge is -2.37. The number of rotatable bonds is 1. The van der Waals surface area contributed by atoms with Gasteiger partial charge in [0.15, 0.2) is 0 Å². The minimum atomic E-state index is -0.631. The molecule has 1 aromatic rings. The molecular weight excluding hydrogens is 259 g/mol. The fourth-order valence-corrected chi connectivity index (χ4v) is 2.91. The third-order valence-electron chi connectivity index (χ3n) is 3.89. The van der Waals surface area contributed by atoms with E-state index in [1.165, 1.54) is 24.1 Å². The fourth-order valence-electron chi connectivity index (χ4n) is 2.91. The molecule has 0 atom stereocenters. The SMILES string of the molecule is CC(=O)N1N=C(c2ccc(F)cc2)OC12CCCCC2. The second-order valence-electron chi connectivity index (χ2n) is 5.35. The Morgan fingerprint density at radius 2 is 1.90 bits per heavy atom. The van der Waals surface area contributed by atoms with Gasteiger partial charge >= 0.3 is 0 Å². The topological polar surface area (TPSA) is 41.9 Å². The highest BCUT2D eigenvalue weighted by Gasteiger charge is 2.47. The predicted octanol–water partition coefficient (Wildman–Crippen LogP) is 3.03. The number of amides is 1. The number of carbonyl (C=O) groups excluding carboxylic acids is 1. The van der Waals surface area contributed by atoms with E-state index in [4.69, 9.17) is 4.74 Å². The summed E-state index contributed by atoms with van der Waals surface area (Å²) in [5.74, 6) is -0.0192. The Balaban J connectivity index is 1.92. The van der Waals surface area contributed by atoms with E-state index in [2.05, 4.69) is 5.10 Å². The van der Waals surface area contributed by atoms with E-state index in [9.17, 15) is 9.18 Å². The van der Waals surface area contributed by atoms with Crippen LogP contribution in [0.1, 0.15) is 44.6 Å². The summed E-state index contributed by atoms with van der Waals surface area (Å²) in [6.45, 7) is 1.50. The van der Waals surface area contributed by atoms with Gasteiger partial charge in [-0.1, -0.05) is 6.42 Å². The number of ether oxygens (including phenoxy) is 1. The number of hydrazone groups is 1. The van der Waals surface area contributed by atoms with Gasteiger partial charge in [-0.2, -0.15) is 5.01 Å². The Bertz CT molecular complexity index is 547. The third kappa shape index (κ3) is 2.17. The molecule has 0 saturated heterocycles. The molecule has 0 N–H and O–H groups in total. The molecule has 3 rings (SSSR count). The van der Waals surface area contributed by atoms with Gasteiger partial charge in [0, 0.05) is 25.3 Å². The quantitative estimate of drug-likeness (QED) is 0.791. The van der Waals surface area contributed by atoms with Gasteiger partial charge in [0.2, 0.25) is 17.5 Å². The fraction of sp³-hybridized carbons (Fsp3) is 0.467. The summed E-state index contributed by atoms with van der Waals surface area (Å²) in [7, 11) is 0. The van der Waals surface area contributed by atoms with Crippen molar-refractivity contribution in [2.24, 2.45) is 5.10 Å². The molecule has 2 aliphatic rings. The summed E-state index contributed by atoms with van der Waals surface area (Å²) < 4.78 is 19.0. The molecule has 5 heteroatoms. The van der Waals surface area contributed by atoms with Crippen molar-refractivity contribution in [2.75, 3.05) is 0 Å². The molecule has 1 spiro atoms. The van der Waals surface area contributed by atoms with Crippen LogP contribution in [0.5, 0.6) is 0 Å². The number of nitrogens with zero attached hydrogens (tertiary/aromatic N) is 2. The molecule has 20 heavy (non-hydrogen) atoms. The molecule has 1 saturated carbocycles. The molecule has 1 fully saturated rings. The summed E-state index contributed by atoms with van der Waals surface area (Å²) in [4.78, 5) is 11.8. The first-order valence-corrected chi connectivity index (χ1v) is 6.95. The molecule has 0 radical (unpaired) electrons. The van der Waals surface area contributed by atoms with E-state index >= 15 is 0 Å². The van der Waals surface area contributed by atoms with Gasteiger partial charge in [-0.3, -0.25) is 4.79 Å². The van der Waals surface area contributed by atoms with Gasteiger partial charge in [-0.15, -0.1) is 5.10 Å². The first-order chi connectivity index (χ1) is 9.61. The number of benzene rings is 1. The molecule has 1 amide bonds. The summed E-state index contributed by atoms with van der Waals surface area (Å²) in [6.07, 6.45) is 4.79. The van der Waals surface area contributed by atoms with E-state index in [1.54, 1.807) is 12.1 Å². The lowest BCUT2D eigenvalue weighted by Crippen LogP contribution is -2.48. The van der Waals surface area contributed by atoms with Gasteiger partial charge in [-0.25, -0.2) is 4.39 Å². The number of hydrogen-bond acceptors (Lipinski definition) is 3. The number of hydrogen-bond donors (Lipinski definition) is 0. The van der Waals surface area contributed by atoms with Crippen molar-refractivity contribution >= 4 is 11.8 Å². The number of carbonyl (C=O) groups is 1. The Morgan fingerprint density at radius 3 is 2.50 bits per heavy atom. The molecule has 1 aliphatic carbocycles. The average Bonchev–Trinajstić information content (AvgIpc) is 2.80. The van der Waals surface area contributed by atoms with Crippen molar-refractivity contribution in [2.45, 2.75) is 44.8 Å². The summed E-state index contributed by atoms with van der Waals surface area (Å²) in [6, 6.07) is 5.97. The lowest BCUT2D eigenvalue weighted by atomic mass is 9.91. The zero-order valence-electron chi connectivity index (χ0n) is 11.4. The maximum atomic E-state index is 13.0. The van der Waals surface area contributed by atoms with Crippen LogP contribution in [0.3, 0.4) is 0 Å². The molecule has 0 bridgehead atoms. The van der Waals surface area contributed by atoms with Crippen LogP contribution >= 0.6 is 0 Å². The van der Waals surface area contributed by atoms with Crippen LogP contribution in [0.15, 0.2) is 29.4 Å². The second-order valence-corrected chi connectivity index (χ2v) is 5.35. The van der Waals surface area contributed by atoms with Crippen LogP contribution in [0.25, 0.3) is 0 Å². The minimum absolute atomic E-state index is 0.121. The van der Waals surface area contributed by atoms with E-state index in [-0.39, 0.29) is 11.7 Å². The van der Waals surface area contributed by atoms with Crippen molar-refractivity contribution in [3.63, 3.8) is 0 Å². The Morgan fingerprint density at radius 1 is 1.25 bits per heavy atom. The summed E-state index contributed by atoms with van der Waals surface area (Å²) >= 11 is 0. The lowest BCUT2D eigenvalue weighted by molar-refractivity contribution is -0.151. The molecule has 1 heterocycles. The minimum Gasteiger partial charge on any atom is -0.447 e. The van der Waals surface area contributed by atoms with Crippen LogP contribution in [-0.2, 0) is 9.53 Å². The van der Waals surface area contributed by atoms with Crippen molar-refractivity contribution in [1.29, 1.82) is 0 Å². The van der Waals surface area contributed by atoms with E-state index in [1.807, 2.05) is 0 Å². The Labute approximate surface area is 117 Å². The van der Waals surface area contributed by atoms with Crippen molar-refractivity contribution in [1.82, 2.24) is 5.01 Å². The predicted molar refractivity (Wildman–Crippen MR) is 72.4 cm³/mol. The van der Waals surface area contributed by atoms with Gasteiger partial charge < -0.3 is 4.74 Å². The maximum absolute atomic E-state index is 13.0. The average molecular weight is 276 g/mol. The van der Waals surface area contributed by atoms with Gasteiger partial charge in [-0.05, 0) is 37.1 Å². The van der Waals surface area contributed by atoms with Crippen LogP contribution in [-0.4, -0.2) is 22.5 Å². The van der Waals surface area contributed by atoms with Crippen molar-refractivity contribution in [3.05, 3.63) is 35.6 Å².